The van der Waals surface area contributed by atoms with Crippen molar-refractivity contribution in [2.45, 2.75) is 27.7 Å². The summed E-state index contributed by atoms with van der Waals surface area (Å²) in [6.45, 7) is 6.11. The Kier molecular flexibility index (Phi) is 33.7. The van der Waals surface area contributed by atoms with E-state index in [9.17, 15) is 23.3 Å². The van der Waals surface area contributed by atoms with Gasteiger partial charge in [-0.25, -0.2) is 0 Å². The summed E-state index contributed by atoms with van der Waals surface area (Å²) in [5.74, 6) is 0.333. The van der Waals surface area contributed by atoms with Crippen molar-refractivity contribution in [3.63, 3.8) is 0 Å². The summed E-state index contributed by atoms with van der Waals surface area (Å²) < 4.78 is 41.5. The van der Waals surface area contributed by atoms with E-state index in [2.05, 4.69) is 0 Å². The third kappa shape index (κ3) is 25.3. The summed E-state index contributed by atoms with van der Waals surface area (Å²) in [7, 11) is -8.33. The molecule has 421 valence electrons. The van der Waals surface area contributed by atoms with Crippen molar-refractivity contribution in [1.82, 2.24) is 0 Å². The van der Waals surface area contributed by atoms with Crippen LogP contribution in [0, 0.1) is 84.1 Å². The molecule has 0 aliphatic heterocycles. The molecule has 21 heteroatoms. The Bertz CT molecular complexity index is 2670. The molecule has 1 radical (unpaired) electrons. The standard InChI is InChI=1S/3C18H15OP.2C3H6O.Dy.3NO3/c3*19-20(16-10-4-1-5-11-16,17-12-6-2-7-13-17)18-14-8-3-9-15-18;2*1-3(2)4;;3*2-1(3)4/h3*1-15H;2*1-2H3;;;;/q;;;;;+3;3*-1. The van der Waals surface area contributed by atoms with E-state index in [1.165, 1.54) is 27.7 Å². The summed E-state index contributed by atoms with van der Waals surface area (Å²) in [6.07, 6.45) is 0. The van der Waals surface area contributed by atoms with Gasteiger partial charge >= 0.3 is 38.2 Å². The van der Waals surface area contributed by atoms with Crippen molar-refractivity contribution in [1.29, 1.82) is 0 Å². The number of Topliss-reactive ketones (excluding diaryl/α,β-unsaturated/α-hetero) is 2. The number of rotatable bonds is 9. The first kappa shape index (κ1) is 70.9. The molecular formula is C60H57DyN3O14P3. The van der Waals surface area contributed by atoms with E-state index < -0.39 is 36.7 Å². The zero-order valence-electron chi connectivity index (χ0n) is 44.2. The summed E-state index contributed by atoms with van der Waals surface area (Å²) in [5, 5.41) is 52.1. The van der Waals surface area contributed by atoms with Crippen molar-refractivity contribution in [3.8, 4) is 0 Å². The third-order valence-electron chi connectivity index (χ3n) is 10.1. The van der Waals surface area contributed by atoms with Crippen LogP contribution in [0.2, 0.25) is 0 Å². The average molecular weight is 1300 g/mol. The van der Waals surface area contributed by atoms with E-state index in [0.29, 0.717) is 0 Å². The van der Waals surface area contributed by atoms with Gasteiger partial charge in [-0.3, -0.25) is 0 Å². The van der Waals surface area contributed by atoms with Gasteiger partial charge in [0.1, 0.15) is 11.6 Å². The molecule has 0 aliphatic carbocycles. The van der Waals surface area contributed by atoms with E-state index in [-0.39, 0.29) is 49.7 Å². The molecule has 0 aliphatic rings. The Balaban J connectivity index is 0.000000517. The van der Waals surface area contributed by atoms with E-state index in [0.717, 1.165) is 47.7 Å². The zero-order chi connectivity index (χ0) is 59.4. The molecule has 0 spiro atoms. The molecule has 9 aromatic rings. The Labute approximate surface area is 500 Å². The van der Waals surface area contributed by atoms with Gasteiger partial charge in [-0.05, 0) is 27.7 Å². The minimum absolute atomic E-state index is 0. The van der Waals surface area contributed by atoms with Gasteiger partial charge in [-0.2, -0.15) is 0 Å². The molecular weight excluding hydrogens is 1240 g/mol. The molecule has 0 atom stereocenters. The van der Waals surface area contributed by atoms with Crippen LogP contribution < -0.4 is 47.7 Å². The second-order valence-electron chi connectivity index (χ2n) is 16.3. The number of carbonyl (C=O) groups excluding carboxylic acids is 2. The second kappa shape index (κ2) is 38.5. The first-order valence-corrected chi connectivity index (χ1v) is 28.9. The molecule has 0 fully saturated rings. The number of nitrogens with zero attached hydrogens (tertiary/aromatic N) is 3. The average Bonchev–Trinajstić information content (AvgIpc) is 3.56. The number of hydrogen-bond donors (Lipinski definition) is 0. The van der Waals surface area contributed by atoms with Crippen molar-refractivity contribution in [2.75, 3.05) is 0 Å². The third-order valence-corrected chi connectivity index (χ3v) is 19.3. The molecule has 81 heavy (non-hydrogen) atoms. The molecule has 0 saturated carbocycles. The fourth-order valence-electron chi connectivity index (χ4n) is 7.08. The van der Waals surface area contributed by atoms with E-state index in [1.807, 2.05) is 273 Å². The van der Waals surface area contributed by atoms with Crippen LogP contribution in [-0.2, 0) is 23.3 Å². The van der Waals surface area contributed by atoms with Gasteiger partial charge in [0.25, 0.3) is 0 Å². The monoisotopic (exact) mass is 1300 g/mol. The summed E-state index contributed by atoms with van der Waals surface area (Å²) >= 11 is 0. The predicted molar refractivity (Wildman–Crippen MR) is 321 cm³/mol. The first-order chi connectivity index (χ1) is 38.1. The maximum Gasteiger partial charge on any atom is 3.00 e. The van der Waals surface area contributed by atoms with Gasteiger partial charge < -0.3 is 69.2 Å². The molecule has 0 unspecified atom stereocenters. The first-order valence-electron chi connectivity index (χ1n) is 23.8. The minimum atomic E-state index is -2.78. The second-order valence-corrected chi connectivity index (χ2v) is 24.6. The van der Waals surface area contributed by atoms with Gasteiger partial charge in [-0.1, -0.05) is 273 Å². The SMILES string of the molecule is CC(C)=O.CC(C)=O.O=P(c1ccccc1)(c1ccccc1)c1ccccc1.O=P(c1ccccc1)(c1ccccc1)c1ccccc1.O=P(c1ccccc1)(c1ccccc1)c1ccccc1.O=[N+]([O-])[O-].O=[N+]([O-])[O-].O=[N+]([O-])[O-].[Dy+3]. The molecule has 0 heterocycles. The van der Waals surface area contributed by atoms with Crippen molar-refractivity contribution >= 4 is 80.7 Å². The zero-order valence-corrected chi connectivity index (χ0v) is 48.9. The Morgan fingerprint density at radius 2 is 0.309 bits per heavy atom. The van der Waals surface area contributed by atoms with Crippen molar-refractivity contribution < 1.29 is 76.7 Å². The van der Waals surface area contributed by atoms with Gasteiger partial charge in [0.15, 0.2) is 21.4 Å². The van der Waals surface area contributed by atoms with Gasteiger partial charge in [0.05, 0.1) is 15.3 Å². The van der Waals surface area contributed by atoms with Crippen LogP contribution in [0.4, 0.5) is 0 Å². The fraction of sp³-hybridized carbons (Fsp3) is 0.0667. The molecule has 9 aromatic carbocycles. The molecule has 9 rings (SSSR count). The van der Waals surface area contributed by atoms with Crippen LogP contribution in [0.25, 0.3) is 0 Å². The Morgan fingerprint density at radius 1 is 0.247 bits per heavy atom. The smallest absolute Gasteiger partial charge is 0.356 e. The normalized spacial score (nSPS) is 9.83. The van der Waals surface area contributed by atoms with Crippen molar-refractivity contribution in [2.24, 2.45) is 0 Å². The molecule has 0 saturated heterocycles. The maximum atomic E-state index is 13.8. The van der Waals surface area contributed by atoms with Crippen LogP contribution >= 0.6 is 21.4 Å². The fourth-order valence-corrected chi connectivity index (χ4v) is 15.1. The molecule has 0 amide bonds. The Morgan fingerprint density at radius 3 is 0.370 bits per heavy atom. The van der Waals surface area contributed by atoms with Crippen LogP contribution in [0.3, 0.4) is 0 Å². The van der Waals surface area contributed by atoms with Gasteiger partial charge in [-0.15, -0.1) is 0 Å². The number of benzene rings is 9. The van der Waals surface area contributed by atoms with Gasteiger partial charge in [0.2, 0.25) is 0 Å². The van der Waals surface area contributed by atoms with Crippen LogP contribution in [-0.4, -0.2) is 26.8 Å². The predicted octanol–water partition coefficient (Wildman–Crippen LogP) is 10.5. The summed E-state index contributed by atoms with van der Waals surface area (Å²) in [5.41, 5.74) is 0. The van der Waals surface area contributed by atoms with Crippen molar-refractivity contribution in [3.05, 3.63) is 319 Å². The topological polar surface area (TPSA) is 284 Å². The molecule has 0 aromatic heterocycles. The number of ketones is 2. The number of hydrogen-bond acceptors (Lipinski definition) is 14. The van der Waals surface area contributed by atoms with Gasteiger partial charge in [0, 0.05) is 47.7 Å². The Hall–Kier alpha value is -8.12. The van der Waals surface area contributed by atoms with E-state index in [1.54, 1.807) is 0 Å². The quantitative estimate of drug-likeness (QED) is 0.0738. The largest absolute Gasteiger partial charge is 3.00 e. The summed E-state index contributed by atoms with van der Waals surface area (Å²) in [6, 6.07) is 87.4. The van der Waals surface area contributed by atoms with Crippen LogP contribution in [0.1, 0.15) is 27.7 Å². The number of carbonyl (C=O) groups is 2. The maximum absolute atomic E-state index is 13.8. The summed E-state index contributed by atoms with van der Waals surface area (Å²) in [4.78, 5) is 43.6. The molecule has 17 nitrogen and oxygen atoms in total. The van der Waals surface area contributed by atoms with Crippen LogP contribution in [0.15, 0.2) is 273 Å². The van der Waals surface area contributed by atoms with E-state index in [4.69, 9.17) is 46.0 Å². The molecule has 0 bridgehead atoms. The minimum Gasteiger partial charge on any atom is -0.356 e. The van der Waals surface area contributed by atoms with E-state index >= 15 is 0 Å². The molecule has 0 N–H and O–H groups in total. The van der Waals surface area contributed by atoms with Crippen LogP contribution in [0.5, 0.6) is 0 Å².